The van der Waals surface area contributed by atoms with Gasteiger partial charge in [-0.2, -0.15) is 0 Å². The van der Waals surface area contributed by atoms with Crippen LogP contribution in [0.25, 0.3) is 0 Å². The first kappa shape index (κ1) is 31.8. The maximum absolute atomic E-state index is 12.4. The summed E-state index contributed by atoms with van der Waals surface area (Å²) in [6.07, 6.45) is 20.6. The molecule has 6 N–H and O–H groups in total. The van der Waals surface area contributed by atoms with Crippen LogP contribution in [0.1, 0.15) is 116 Å². The zero-order valence-electron chi connectivity index (χ0n) is 21.3. The third-order valence-corrected chi connectivity index (χ3v) is 6.16. The highest BCUT2D eigenvalue weighted by Gasteiger charge is 2.11. The number of carboxylic acids is 1. The number of unbranched alkanes of at least 4 members (excludes halogenated alkanes) is 15. The zero-order chi connectivity index (χ0) is 24.4. The number of rotatable bonds is 26. The van der Waals surface area contributed by atoms with Gasteiger partial charge in [-0.25, -0.2) is 0 Å². The van der Waals surface area contributed by atoms with Crippen LogP contribution in [0.2, 0.25) is 0 Å². The van der Waals surface area contributed by atoms with E-state index >= 15 is 0 Å². The van der Waals surface area contributed by atoms with E-state index in [1.807, 2.05) is 4.90 Å². The Balaban J connectivity index is 3.38. The molecular weight excluding hydrogens is 416 g/mol. The Labute approximate surface area is 203 Å². The third-order valence-electron chi connectivity index (χ3n) is 6.16. The molecule has 0 aromatic carbocycles. The smallest absolute Gasteiger partial charge is 0.303 e. The van der Waals surface area contributed by atoms with Gasteiger partial charge in [0.15, 0.2) is 0 Å². The van der Waals surface area contributed by atoms with E-state index in [-0.39, 0.29) is 5.91 Å². The maximum Gasteiger partial charge on any atom is 0.303 e. The van der Waals surface area contributed by atoms with Crippen molar-refractivity contribution in [1.29, 1.82) is 0 Å². The Morgan fingerprint density at radius 2 is 1.00 bits per heavy atom. The van der Waals surface area contributed by atoms with Crippen LogP contribution in [0.4, 0.5) is 0 Å². The lowest BCUT2D eigenvalue weighted by Gasteiger charge is -2.22. The van der Waals surface area contributed by atoms with Crippen LogP contribution in [0.3, 0.4) is 0 Å². The Kier molecular flexibility index (Phi) is 24.5. The van der Waals surface area contributed by atoms with Gasteiger partial charge >= 0.3 is 5.97 Å². The van der Waals surface area contributed by atoms with Crippen LogP contribution in [-0.2, 0) is 9.59 Å². The van der Waals surface area contributed by atoms with Gasteiger partial charge in [0.1, 0.15) is 0 Å². The molecule has 7 nitrogen and oxygen atoms in total. The molecule has 0 unspecified atom stereocenters. The Morgan fingerprint density at radius 3 is 1.39 bits per heavy atom. The van der Waals surface area contributed by atoms with Crippen molar-refractivity contribution in [2.45, 2.75) is 116 Å². The van der Waals surface area contributed by atoms with Crippen LogP contribution in [0.5, 0.6) is 0 Å². The number of carbonyl (C=O) groups is 2. The first-order valence-corrected chi connectivity index (χ1v) is 13.7. The summed E-state index contributed by atoms with van der Waals surface area (Å²) < 4.78 is 0. The van der Waals surface area contributed by atoms with Gasteiger partial charge in [0.25, 0.3) is 0 Å². The van der Waals surface area contributed by atoms with Crippen LogP contribution in [-0.4, -0.2) is 61.2 Å². The first-order chi connectivity index (χ1) is 16.1. The average molecular weight is 471 g/mol. The van der Waals surface area contributed by atoms with Crippen LogP contribution in [0, 0.1) is 0 Å². The van der Waals surface area contributed by atoms with E-state index in [9.17, 15) is 9.59 Å². The fourth-order valence-electron chi connectivity index (χ4n) is 4.14. The van der Waals surface area contributed by atoms with Crippen molar-refractivity contribution in [3.63, 3.8) is 0 Å². The first-order valence-electron chi connectivity index (χ1n) is 13.7. The quantitative estimate of drug-likeness (QED) is 0.139. The summed E-state index contributed by atoms with van der Waals surface area (Å²) in [7, 11) is 0. The highest BCUT2D eigenvalue weighted by molar-refractivity contribution is 5.76. The minimum atomic E-state index is -0.671. The van der Waals surface area contributed by atoms with E-state index in [1.165, 1.54) is 77.0 Å². The highest BCUT2D eigenvalue weighted by atomic mass is 16.4. The summed E-state index contributed by atoms with van der Waals surface area (Å²) in [6.45, 7) is 4.04. The Bertz CT molecular complexity index is 449. The van der Waals surface area contributed by atoms with Crippen molar-refractivity contribution in [2.75, 3.05) is 39.3 Å². The number of nitrogens with one attached hydrogen (secondary N) is 1. The van der Waals surface area contributed by atoms with Gasteiger partial charge in [0, 0.05) is 52.1 Å². The van der Waals surface area contributed by atoms with Crippen LogP contribution in [0.15, 0.2) is 0 Å². The van der Waals surface area contributed by atoms with E-state index in [2.05, 4.69) is 5.32 Å². The summed E-state index contributed by atoms with van der Waals surface area (Å²) >= 11 is 0. The number of carboxylic acid groups (broad SMARTS) is 1. The minimum Gasteiger partial charge on any atom is -0.481 e. The predicted molar refractivity (Wildman–Crippen MR) is 138 cm³/mol. The van der Waals surface area contributed by atoms with Gasteiger partial charge in [-0.1, -0.05) is 89.9 Å². The van der Waals surface area contributed by atoms with Crippen molar-refractivity contribution in [3.05, 3.63) is 0 Å². The van der Waals surface area contributed by atoms with Crippen molar-refractivity contribution >= 4 is 11.9 Å². The molecule has 7 heteroatoms. The number of hydrogen-bond acceptors (Lipinski definition) is 5. The van der Waals surface area contributed by atoms with Crippen molar-refractivity contribution in [2.24, 2.45) is 11.5 Å². The monoisotopic (exact) mass is 470 g/mol. The topological polar surface area (TPSA) is 122 Å². The normalized spacial score (nSPS) is 11.1. The molecule has 33 heavy (non-hydrogen) atoms. The predicted octanol–water partition coefficient (Wildman–Crippen LogP) is 4.43. The largest absolute Gasteiger partial charge is 0.481 e. The van der Waals surface area contributed by atoms with E-state index < -0.39 is 5.97 Å². The molecule has 0 saturated heterocycles. The molecule has 0 aliphatic carbocycles. The molecule has 0 aliphatic heterocycles. The molecule has 0 rings (SSSR count). The summed E-state index contributed by atoms with van der Waals surface area (Å²) in [5, 5.41) is 11.8. The minimum absolute atomic E-state index is 0.230. The Hall–Kier alpha value is -1.18. The van der Waals surface area contributed by atoms with Gasteiger partial charge in [-0.3, -0.25) is 9.59 Å². The average Bonchev–Trinajstić information content (AvgIpc) is 2.80. The molecule has 0 heterocycles. The summed E-state index contributed by atoms with van der Waals surface area (Å²) in [5.74, 6) is -0.441. The maximum atomic E-state index is 12.4. The molecule has 0 saturated carbocycles. The summed E-state index contributed by atoms with van der Waals surface area (Å²) in [6, 6.07) is 0. The molecule has 0 aliphatic rings. The fourth-order valence-corrected chi connectivity index (χ4v) is 4.14. The van der Waals surface area contributed by atoms with Crippen molar-refractivity contribution in [3.8, 4) is 0 Å². The van der Waals surface area contributed by atoms with Crippen LogP contribution >= 0.6 is 0 Å². The summed E-state index contributed by atoms with van der Waals surface area (Å²) in [4.78, 5) is 24.7. The van der Waals surface area contributed by atoms with Gasteiger partial charge in [-0.05, 0) is 12.8 Å². The Morgan fingerprint density at radius 1 is 0.576 bits per heavy atom. The molecule has 0 atom stereocenters. The van der Waals surface area contributed by atoms with E-state index in [1.54, 1.807) is 0 Å². The number of aliphatic carboxylic acids is 1. The molecule has 0 radical (unpaired) electrons. The molecule has 0 bridgehead atoms. The second-order valence-corrected chi connectivity index (χ2v) is 9.26. The third kappa shape index (κ3) is 23.8. The number of nitrogens with two attached hydrogens (primary N) is 2. The molecule has 0 aromatic rings. The highest BCUT2D eigenvalue weighted by Crippen LogP contribution is 2.14. The van der Waals surface area contributed by atoms with E-state index in [0.29, 0.717) is 39.0 Å². The van der Waals surface area contributed by atoms with E-state index in [4.69, 9.17) is 16.6 Å². The number of nitrogens with zero attached hydrogens (tertiary/aromatic N) is 1. The summed E-state index contributed by atoms with van der Waals surface area (Å²) in [5.41, 5.74) is 11.1. The lowest BCUT2D eigenvalue weighted by molar-refractivity contribution is -0.137. The van der Waals surface area contributed by atoms with Gasteiger partial charge in [0.05, 0.1) is 0 Å². The second-order valence-electron chi connectivity index (χ2n) is 9.26. The number of hydrogen-bond donors (Lipinski definition) is 4. The lowest BCUT2D eigenvalue weighted by Crippen LogP contribution is -2.40. The SMILES string of the molecule is NCCNCCN(CCN)C(=O)CCCCCCCCCCCCCCCCCCC(=O)O. The van der Waals surface area contributed by atoms with Crippen molar-refractivity contribution in [1.82, 2.24) is 10.2 Å². The number of carbonyl (C=O) groups excluding carboxylic acids is 1. The van der Waals surface area contributed by atoms with Gasteiger partial charge < -0.3 is 26.8 Å². The number of amides is 1. The molecule has 1 amide bonds. The molecule has 196 valence electrons. The molecule has 0 spiro atoms. The standard InChI is InChI=1S/C26H54N4O3/c27-19-21-29-22-24-30(23-20-28)25(31)17-15-13-11-9-7-5-3-1-2-4-6-8-10-12-14-16-18-26(32)33/h29H,1-24,27-28H2,(H,32,33). The molecule has 0 aromatic heterocycles. The molecule has 0 fully saturated rings. The lowest BCUT2D eigenvalue weighted by atomic mass is 10.0. The second kappa shape index (κ2) is 25.4. The molecular formula is C26H54N4O3. The van der Waals surface area contributed by atoms with E-state index in [0.717, 1.165) is 38.8 Å². The zero-order valence-corrected chi connectivity index (χ0v) is 21.3. The van der Waals surface area contributed by atoms with Gasteiger partial charge in [0.2, 0.25) is 5.91 Å². The fraction of sp³-hybridized carbons (Fsp3) is 0.923. The van der Waals surface area contributed by atoms with Gasteiger partial charge in [-0.15, -0.1) is 0 Å². The van der Waals surface area contributed by atoms with Crippen LogP contribution < -0.4 is 16.8 Å². The van der Waals surface area contributed by atoms with Crippen molar-refractivity contribution < 1.29 is 14.7 Å².